The van der Waals surface area contributed by atoms with Crippen molar-refractivity contribution in [2.75, 3.05) is 39.4 Å². The molecule has 6 atom stereocenters. The topological polar surface area (TPSA) is 151 Å². The van der Waals surface area contributed by atoms with Gasteiger partial charge < -0.3 is 49.4 Å². The Morgan fingerprint density at radius 3 is 2.50 bits per heavy atom. The van der Waals surface area contributed by atoms with Crippen LogP contribution in [0.1, 0.15) is 97.9 Å². The number of piperidine rings is 1. The summed E-state index contributed by atoms with van der Waals surface area (Å²) in [7, 11) is 3.15. The van der Waals surface area contributed by atoms with Crippen LogP contribution in [0.3, 0.4) is 0 Å². The molecule has 50 heavy (non-hydrogen) atoms. The van der Waals surface area contributed by atoms with Crippen molar-refractivity contribution in [1.29, 1.82) is 0 Å². The van der Waals surface area contributed by atoms with Gasteiger partial charge in [0.2, 0.25) is 5.75 Å². The van der Waals surface area contributed by atoms with Crippen LogP contribution < -0.4 is 34.3 Å². The van der Waals surface area contributed by atoms with E-state index in [-0.39, 0.29) is 37.1 Å². The molecule has 3 aliphatic heterocycles. The van der Waals surface area contributed by atoms with E-state index in [9.17, 15) is 20.4 Å². The SMILES string of the molecule is COc1cc(C2COc3cc4c5c(c3C2O)CCc2c(OC)cc(OC36CCCCC3CCC(C)N6)c(c2-5)C(O)N4)cc(OCCCO)c1O. The van der Waals surface area contributed by atoms with E-state index in [0.717, 1.165) is 65.8 Å². The van der Waals surface area contributed by atoms with Crippen molar-refractivity contribution in [2.45, 2.75) is 94.7 Å². The number of phenols is 1. The summed E-state index contributed by atoms with van der Waals surface area (Å²) in [5.41, 5.74) is 6.14. The lowest BCUT2D eigenvalue weighted by Gasteiger charge is -2.50. The molecule has 6 unspecified atom stereocenters. The maximum absolute atomic E-state index is 12.2. The minimum Gasteiger partial charge on any atom is -0.502 e. The van der Waals surface area contributed by atoms with E-state index in [2.05, 4.69) is 17.6 Å². The number of anilines is 1. The molecule has 0 aromatic heterocycles. The molecule has 3 aromatic carbocycles. The van der Waals surface area contributed by atoms with Crippen LogP contribution in [0.2, 0.25) is 0 Å². The zero-order valence-electron chi connectivity index (χ0n) is 29.0. The molecule has 11 nitrogen and oxygen atoms in total. The summed E-state index contributed by atoms with van der Waals surface area (Å²) in [4.78, 5) is 0. The second kappa shape index (κ2) is 13.0. The summed E-state index contributed by atoms with van der Waals surface area (Å²) in [6.07, 6.45) is 6.24. The number of rotatable bonds is 9. The van der Waals surface area contributed by atoms with Crippen LogP contribution in [0.25, 0.3) is 11.1 Å². The summed E-state index contributed by atoms with van der Waals surface area (Å²) in [6.45, 7) is 2.58. The maximum Gasteiger partial charge on any atom is 0.200 e. The predicted molar refractivity (Wildman–Crippen MR) is 187 cm³/mol. The lowest BCUT2D eigenvalue weighted by molar-refractivity contribution is -0.0844. The number of hydrogen-bond acceptors (Lipinski definition) is 11. The van der Waals surface area contributed by atoms with E-state index in [4.69, 9.17) is 23.7 Å². The molecule has 2 aliphatic carbocycles. The molecule has 8 rings (SSSR count). The fourth-order valence-electron chi connectivity index (χ4n) is 9.23. The first-order chi connectivity index (χ1) is 24.3. The van der Waals surface area contributed by atoms with Crippen LogP contribution in [-0.2, 0) is 12.8 Å². The number of methoxy groups -OCH3 is 2. The molecule has 5 aliphatic rings. The van der Waals surface area contributed by atoms with E-state index in [1.54, 1.807) is 19.2 Å². The molecule has 3 heterocycles. The van der Waals surface area contributed by atoms with Crippen LogP contribution >= 0.6 is 0 Å². The third-order valence-electron chi connectivity index (χ3n) is 11.6. The standard InChI is InChI=1S/C39H48N2O9/c1-20-8-9-22-7-4-5-12-39(22,41-20)50-29-18-27(46-2)23-10-11-24-32-26(40-38(45)35(29)34(23)32)17-28-33(24)36(43)25(19-49-28)21-15-30(47-3)37(44)31(16-21)48-14-6-13-42/h15-18,20,22,25,36,38,40-45H,4-14,19H2,1-3H3. The summed E-state index contributed by atoms with van der Waals surface area (Å²) in [6, 6.07) is 7.59. The number of nitrogens with one attached hydrogen (secondary N) is 2. The third-order valence-corrected chi connectivity index (χ3v) is 11.6. The number of fused-ring (bicyclic) bond motifs is 3. The highest BCUT2D eigenvalue weighted by atomic mass is 16.5. The number of benzene rings is 3. The molecule has 268 valence electrons. The Bertz CT molecular complexity index is 1800. The number of aliphatic hydroxyl groups is 3. The van der Waals surface area contributed by atoms with Gasteiger partial charge in [-0.3, -0.25) is 5.32 Å². The zero-order chi connectivity index (χ0) is 34.7. The number of ether oxygens (including phenoxy) is 5. The zero-order valence-corrected chi connectivity index (χ0v) is 29.0. The monoisotopic (exact) mass is 688 g/mol. The lowest BCUT2D eigenvalue weighted by Crippen LogP contribution is -2.63. The Balaban J connectivity index is 1.23. The van der Waals surface area contributed by atoms with Crippen LogP contribution in [0.15, 0.2) is 24.3 Å². The summed E-state index contributed by atoms with van der Waals surface area (Å²) < 4.78 is 30.8. The highest BCUT2D eigenvalue weighted by molar-refractivity contribution is 5.93. The third kappa shape index (κ3) is 5.32. The first-order valence-electron chi connectivity index (χ1n) is 18.1. The first-order valence-corrected chi connectivity index (χ1v) is 18.1. The molecule has 0 amide bonds. The van der Waals surface area contributed by atoms with Crippen molar-refractivity contribution in [3.05, 3.63) is 52.1 Å². The van der Waals surface area contributed by atoms with Gasteiger partial charge in [-0.1, -0.05) is 6.42 Å². The van der Waals surface area contributed by atoms with Crippen LogP contribution in [0.4, 0.5) is 5.69 Å². The van der Waals surface area contributed by atoms with Gasteiger partial charge in [0.25, 0.3) is 0 Å². The normalized spacial score (nSPS) is 27.5. The van der Waals surface area contributed by atoms with E-state index in [0.29, 0.717) is 59.4 Å². The Kier molecular flexibility index (Phi) is 8.65. The van der Waals surface area contributed by atoms with E-state index < -0.39 is 24.0 Å². The van der Waals surface area contributed by atoms with Crippen LogP contribution in [-0.4, -0.2) is 66.2 Å². The number of aliphatic hydroxyl groups excluding tert-OH is 3. The molecule has 0 spiro atoms. The Morgan fingerprint density at radius 1 is 0.900 bits per heavy atom. The Hall–Kier alpha value is -3.90. The molecule has 0 radical (unpaired) electrons. The molecular weight excluding hydrogens is 640 g/mol. The van der Waals surface area contributed by atoms with Crippen LogP contribution in [0.5, 0.6) is 34.5 Å². The molecule has 2 fully saturated rings. The van der Waals surface area contributed by atoms with Crippen molar-refractivity contribution in [3.8, 4) is 45.6 Å². The second-order valence-electron chi connectivity index (χ2n) is 14.5. The summed E-state index contributed by atoms with van der Waals surface area (Å²) >= 11 is 0. The summed E-state index contributed by atoms with van der Waals surface area (Å²) in [5.74, 6) is 2.12. The van der Waals surface area contributed by atoms with Crippen molar-refractivity contribution < 1.29 is 44.1 Å². The first kappa shape index (κ1) is 33.3. The minimum absolute atomic E-state index is 0.0373. The second-order valence-corrected chi connectivity index (χ2v) is 14.5. The van der Waals surface area contributed by atoms with Gasteiger partial charge in [-0.15, -0.1) is 0 Å². The van der Waals surface area contributed by atoms with Gasteiger partial charge in [-0.25, -0.2) is 0 Å². The number of phenolic OH excluding ortho intramolecular Hbond substituents is 1. The number of hydrogen-bond donors (Lipinski definition) is 6. The Morgan fingerprint density at radius 2 is 1.70 bits per heavy atom. The minimum atomic E-state index is -1.02. The lowest BCUT2D eigenvalue weighted by atomic mass is 9.73. The molecule has 1 saturated heterocycles. The van der Waals surface area contributed by atoms with Gasteiger partial charge in [0.1, 0.15) is 17.2 Å². The van der Waals surface area contributed by atoms with Crippen molar-refractivity contribution in [2.24, 2.45) is 5.92 Å². The van der Waals surface area contributed by atoms with E-state index in [1.165, 1.54) is 13.5 Å². The fourth-order valence-corrected chi connectivity index (χ4v) is 9.23. The molecule has 3 aromatic rings. The predicted octanol–water partition coefficient (Wildman–Crippen LogP) is 5.60. The number of aromatic hydroxyl groups is 1. The Labute approximate surface area is 292 Å². The van der Waals surface area contributed by atoms with Gasteiger partial charge in [0.05, 0.1) is 39.1 Å². The largest absolute Gasteiger partial charge is 0.502 e. The van der Waals surface area contributed by atoms with Gasteiger partial charge in [-0.05, 0) is 68.7 Å². The smallest absolute Gasteiger partial charge is 0.200 e. The fraction of sp³-hybridized carbons (Fsp3) is 0.538. The highest BCUT2D eigenvalue weighted by Gasteiger charge is 2.48. The van der Waals surface area contributed by atoms with Gasteiger partial charge in [0, 0.05) is 77.4 Å². The molecular formula is C39H48N2O9. The molecule has 11 heteroatoms. The van der Waals surface area contributed by atoms with Crippen LogP contribution in [0, 0.1) is 5.92 Å². The van der Waals surface area contributed by atoms with Crippen molar-refractivity contribution in [3.63, 3.8) is 0 Å². The summed E-state index contributed by atoms with van der Waals surface area (Å²) in [5, 5.41) is 51.2. The molecule has 1 saturated carbocycles. The van der Waals surface area contributed by atoms with Gasteiger partial charge >= 0.3 is 0 Å². The van der Waals surface area contributed by atoms with Gasteiger partial charge in [-0.2, -0.15) is 0 Å². The molecule has 6 N–H and O–H groups in total. The van der Waals surface area contributed by atoms with E-state index in [1.807, 2.05) is 12.1 Å². The quantitative estimate of drug-likeness (QED) is 0.156. The molecule has 0 bridgehead atoms. The van der Waals surface area contributed by atoms with Gasteiger partial charge in [0.15, 0.2) is 23.5 Å². The van der Waals surface area contributed by atoms with Crippen molar-refractivity contribution in [1.82, 2.24) is 5.32 Å². The van der Waals surface area contributed by atoms with E-state index >= 15 is 0 Å². The average Bonchev–Trinajstić information content (AvgIpc) is 3.11. The highest BCUT2D eigenvalue weighted by Crippen LogP contribution is 2.58. The average molecular weight is 689 g/mol. The van der Waals surface area contributed by atoms with Crippen molar-refractivity contribution >= 4 is 5.69 Å². The maximum atomic E-state index is 12.2.